The molecule has 8 nitrogen and oxygen atoms in total. The number of hydrogen-bond acceptors (Lipinski definition) is 4. The first kappa shape index (κ1) is 22.6. The number of hydrogen-bond donors (Lipinski definition) is 4. The molecule has 70 valence electrons. The Morgan fingerprint density at radius 1 is 0.583 bits per heavy atom. The lowest BCUT2D eigenvalue weighted by Gasteiger charge is -1.68. The van der Waals surface area contributed by atoms with E-state index in [1.54, 1.807) is 0 Å². The maximum atomic E-state index is 8.74. The lowest BCUT2D eigenvalue weighted by Crippen LogP contribution is -1.89. The maximum Gasteiger partial charge on any atom is 0.394 e. The minimum atomic E-state index is -4.67. The summed E-state index contributed by atoms with van der Waals surface area (Å²) in [6.45, 7) is 0. The Labute approximate surface area is 73.3 Å². The van der Waals surface area contributed by atoms with E-state index in [9.17, 15) is 0 Å². The first-order chi connectivity index (χ1) is 4.00. The van der Waals surface area contributed by atoms with Gasteiger partial charge in [-0.25, -0.2) is 0 Å². The molecule has 0 atom stereocenters. The highest BCUT2D eigenvalue weighted by molar-refractivity contribution is 7.80. The quantitative estimate of drug-likeness (QED) is 0.267. The van der Waals surface area contributed by atoms with Crippen molar-refractivity contribution in [2.24, 2.45) is 0 Å². The first-order valence-electron chi connectivity index (χ1n) is 1.40. The highest BCUT2D eigenvalue weighted by Crippen LogP contribution is 1.59. The molecule has 0 rings (SSSR count). The molecule has 0 spiro atoms. The van der Waals surface area contributed by atoms with Gasteiger partial charge in [0.15, 0.2) is 0 Å². The van der Waals surface area contributed by atoms with Crippen molar-refractivity contribution >= 4 is 37.6 Å². The zero-order valence-corrected chi connectivity index (χ0v) is 7.03. The summed E-state index contributed by atoms with van der Waals surface area (Å²) in [5.74, 6) is 0. The van der Waals surface area contributed by atoms with Crippen LogP contribution in [0.25, 0.3) is 0 Å². The second kappa shape index (κ2) is 7.52. The highest BCUT2D eigenvalue weighted by atomic mass is 32.3. The molecular weight excluding hydrogens is 214 g/mol. The van der Waals surface area contributed by atoms with Crippen molar-refractivity contribution < 1.29 is 35.0 Å². The maximum absolute atomic E-state index is 8.74. The summed E-state index contributed by atoms with van der Waals surface area (Å²) in [7, 11) is -9.33. The molecule has 12 heteroatoms. The largest absolute Gasteiger partial charge is 0.394 e. The van der Waals surface area contributed by atoms with Crippen LogP contribution in [-0.2, 0) is 20.8 Å². The summed E-state index contributed by atoms with van der Waals surface area (Å²) in [6, 6.07) is 0. The van der Waals surface area contributed by atoms with E-state index in [0.29, 0.717) is 0 Å². The smallest absolute Gasteiger partial charge is 0.264 e. The van der Waals surface area contributed by atoms with E-state index in [1.165, 1.54) is 0 Å². The van der Waals surface area contributed by atoms with Crippen molar-refractivity contribution in [3.63, 3.8) is 0 Å². The Morgan fingerprint density at radius 2 is 0.583 bits per heavy atom. The fourth-order valence-corrected chi connectivity index (χ4v) is 0. The van der Waals surface area contributed by atoms with Gasteiger partial charge in [0.1, 0.15) is 0 Å². The lowest BCUT2D eigenvalue weighted by atomic mass is 10.8. The van der Waals surface area contributed by atoms with Crippen molar-refractivity contribution in [1.29, 1.82) is 0 Å². The van der Waals surface area contributed by atoms with Crippen LogP contribution in [0.2, 0.25) is 0 Å². The molecule has 0 amide bonds. The third-order valence-electron chi connectivity index (χ3n) is 0. The predicted molar refractivity (Wildman–Crippen MR) is 39.9 cm³/mol. The molecule has 0 aromatic carbocycles. The monoisotopic (exact) mass is 218 g/mol. The van der Waals surface area contributed by atoms with Gasteiger partial charge in [0.2, 0.25) is 0 Å². The lowest BCUT2D eigenvalue weighted by molar-refractivity contribution is 0.378. The van der Waals surface area contributed by atoms with E-state index in [0.717, 1.165) is 0 Å². The molecule has 0 aliphatic rings. The summed E-state index contributed by atoms with van der Waals surface area (Å²) in [5, 5.41) is 0. The van der Waals surface area contributed by atoms with Crippen molar-refractivity contribution in [2.45, 2.75) is 0 Å². The van der Waals surface area contributed by atoms with Gasteiger partial charge in [-0.2, -0.15) is 16.8 Å². The molecule has 4 N–H and O–H groups in total. The van der Waals surface area contributed by atoms with E-state index in [1.807, 2.05) is 0 Å². The minimum absolute atomic E-state index is 0. The molecule has 0 bridgehead atoms. The normalized spacial score (nSPS) is 9.67. The van der Waals surface area contributed by atoms with Crippen molar-refractivity contribution in [3.8, 4) is 0 Å². The molecule has 0 saturated heterocycles. The first-order valence-corrected chi connectivity index (χ1v) is 4.19. The second-order valence-electron chi connectivity index (χ2n) is 0.896. The molecule has 0 aromatic heterocycles. The van der Waals surface area contributed by atoms with E-state index in [-0.39, 0.29) is 16.8 Å². The Hall–Kier alpha value is -0.130. The van der Waals surface area contributed by atoms with Gasteiger partial charge in [-0.15, -0.1) is 0 Å². The summed E-state index contributed by atoms with van der Waals surface area (Å²) < 4.78 is 63.2. The van der Waals surface area contributed by atoms with Gasteiger partial charge in [0.05, 0.1) is 0 Å². The summed E-state index contributed by atoms with van der Waals surface area (Å²) in [4.78, 5) is 0. The molecule has 0 aliphatic heterocycles. The van der Waals surface area contributed by atoms with Crippen LogP contribution in [0.5, 0.6) is 0 Å². The van der Waals surface area contributed by atoms with Crippen LogP contribution >= 0.6 is 0 Å². The fraction of sp³-hybridized carbons (Fsp3) is 0. The van der Waals surface area contributed by atoms with Crippen LogP contribution in [0.15, 0.2) is 0 Å². The topological polar surface area (TPSA) is 149 Å². The van der Waals surface area contributed by atoms with E-state index in [4.69, 9.17) is 35.0 Å². The Morgan fingerprint density at radius 3 is 0.583 bits per heavy atom. The summed E-state index contributed by atoms with van der Waals surface area (Å²) in [6.07, 6.45) is 0. The zero-order chi connectivity index (χ0) is 9.00. The van der Waals surface area contributed by atoms with Crippen molar-refractivity contribution in [2.75, 3.05) is 0 Å². The molecule has 0 fully saturated rings. The van der Waals surface area contributed by atoms with Crippen LogP contribution < -0.4 is 0 Å². The van der Waals surface area contributed by atoms with Crippen LogP contribution in [0.3, 0.4) is 0 Å². The third-order valence-corrected chi connectivity index (χ3v) is 0. The zero-order valence-electron chi connectivity index (χ0n) is 5.39. The molecule has 0 aliphatic carbocycles. The molecule has 12 heavy (non-hydrogen) atoms. The standard InChI is InChI=1S/2B.2H2O4S/c;;2*1-5(2,3)4/h;;2*(H2,1,2,3,4). The predicted octanol–water partition coefficient (Wildman–Crippen LogP) is -2.07. The van der Waals surface area contributed by atoms with E-state index >= 15 is 0 Å². The SMILES string of the molecule is O=S(=O)(O)O.O=S(=O)(O)O.[B].[B]. The van der Waals surface area contributed by atoms with E-state index in [2.05, 4.69) is 0 Å². The van der Waals surface area contributed by atoms with Gasteiger partial charge in [0.25, 0.3) is 0 Å². The Bertz CT molecular complexity index is 211. The van der Waals surface area contributed by atoms with Crippen LogP contribution in [-0.4, -0.2) is 51.9 Å². The fourth-order valence-electron chi connectivity index (χ4n) is 0. The van der Waals surface area contributed by atoms with Crippen LogP contribution in [0, 0.1) is 0 Å². The highest BCUT2D eigenvalue weighted by Gasteiger charge is 1.85. The van der Waals surface area contributed by atoms with Crippen LogP contribution in [0.4, 0.5) is 0 Å². The van der Waals surface area contributed by atoms with Gasteiger partial charge < -0.3 is 0 Å². The van der Waals surface area contributed by atoms with Gasteiger partial charge in [-0.1, -0.05) is 0 Å². The molecular formula is H4B2O8S2. The van der Waals surface area contributed by atoms with Gasteiger partial charge in [0, 0.05) is 16.8 Å². The molecule has 0 aromatic rings. The Balaban J connectivity index is -0.0000000457. The molecule has 0 heterocycles. The summed E-state index contributed by atoms with van der Waals surface area (Å²) in [5.41, 5.74) is 0. The van der Waals surface area contributed by atoms with Crippen molar-refractivity contribution in [1.82, 2.24) is 0 Å². The van der Waals surface area contributed by atoms with Gasteiger partial charge >= 0.3 is 20.8 Å². The minimum Gasteiger partial charge on any atom is -0.264 e. The second-order valence-corrected chi connectivity index (χ2v) is 2.69. The van der Waals surface area contributed by atoms with Crippen LogP contribution in [0.1, 0.15) is 0 Å². The number of rotatable bonds is 0. The Kier molecular flexibility index (Phi) is 14.2. The van der Waals surface area contributed by atoms with Gasteiger partial charge in [-0.05, 0) is 0 Å². The van der Waals surface area contributed by atoms with E-state index < -0.39 is 20.8 Å². The third kappa shape index (κ3) is 45900. The molecule has 0 unspecified atom stereocenters. The molecule has 0 saturated carbocycles. The van der Waals surface area contributed by atoms with Gasteiger partial charge in [-0.3, -0.25) is 18.2 Å². The molecule has 6 radical (unpaired) electrons. The average molecular weight is 218 g/mol. The summed E-state index contributed by atoms with van der Waals surface area (Å²) >= 11 is 0. The van der Waals surface area contributed by atoms with Crippen molar-refractivity contribution in [3.05, 3.63) is 0 Å². The average Bonchev–Trinajstić information content (AvgIpc) is 1.12.